The molecule has 0 amide bonds. The molecule has 0 saturated carbocycles. The monoisotopic (exact) mass is 534 g/mol. The molecule has 1 aliphatic heterocycles. The van der Waals surface area contributed by atoms with E-state index >= 15 is 0 Å². The van der Waals surface area contributed by atoms with E-state index in [-0.39, 0.29) is 30.6 Å². The summed E-state index contributed by atoms with van der Waals surface area (Å²) in [5, 5.41) is 3.46. The van der Waals surface area contributed by atoms with Crippen LogP contribution in [-0.4, -0.2) is 52.5 Å². The Labute approximate surface area is 223 Å². The molecule has 1 fully saturated rings. The largest absolute Gasteiger partial charge is 0.365 e. The van der Waals surface area contributed by atoms with E-state index in [4.69, 9.17) is 9.97 Å². The lowest BCUT2D eigenvalue weighted by atomic mass is 10.0. The highest BCUT2D eigenvalue weighted by atomic mass is 35.5. The topological polar surface area (TPSA) is 32.3 Å². The highest BCUT2D eigenvalue weighted by Crippen LogP contribution is 2.32. The minimum Gasteiger partial charge on any atom is -0.365 e. The maximum absolute atomic E-state index is 13.3. The second-order valence-electron chi connectivity index (χ2n) is 9.42. The molecule has 1 aromatic carbocycles. The predicted octanol–water partition coefficient (Wildman–Crippen LogP) is 4.39. The number of pyridine rings is 1. The fourth-order valence-corrected chi connectivity index (χ4v) is 5.81. The van der Waals surface area contributed by atoms with Crippen LogP contribution in [0.4, 0.5) is 4.39 Å². The van der Waals surface area contributed by atoms with Crippen molar-refractivity contribution < 1.29 is 4.39 Å². The Morgan fingerprint density at radius 3 is 2.63 bits per heavy atom. The van der Waals surface area contributed by atoms with Crippen LogP contribution < -0.4 is 10.6 Å². The Bertz CT molecular complexity index is 1260. The number of halogens is 3. The lowest BCUT2D eigenvalue weighted by molar-refractivity contribution is 0.127. The molecule has 3 aromatic rings. The van der Waals surface area contributed by atoms with Gasteiger partial charge in [-0.05, 0) is 48.9 Å². The lowest BCUT2D eigenvalue weighted by Crippen LogP contribution is -2.52. The minimum absolute atomic E-state index is 0. The SMILES string of the molecule is CC(C)c1nc2c(s1)CC=c1cccnc1=C2N1CCN(C)C(CCc2ccc(F)cc2)C1.Cl.Cl. The van der Waals surface area contributed by atoms with Gasteiger partial charge in [0.2, 0.25) is 0 Å². The number of aromatic nitrogens is 2. The second kappa shape index (κ2) is 11.8. The molecule has 35 heavy (non-hydrogen) atoms. The fraction of sp³-hybridized carbons (Fsp3) is 0.407. The molecule has 2 aromatic heterocycles. The summed E-state index contributed by atoms with van der Waals surface area (Å²) < 4.78 is 13.3. The minimum atomic E-state index is -0.174. The first kappa shape index (κ1) is 27.6. The number of benzene rings is 1. The molecule has 188 valence electrons. The molecule has 4 nitrogen and oxygen atoms in total. The molecular weight excluding hydrogens is 502 g/mol. The summed E-state index contributed by atoms with van der Waals surface area (Å²) >= 11 is 1.85. The first-order chi connectivity index (χ1) is 16.0. The Kier molecular flexibility index (Phi) is 9.33. The molecule has 1 saturated heterocycles. The maximum atomic E-state index is 13.3. The highest BCUT2D eigenvalue weighted by molar-refractivity contribution is 7.12. The highest BCUT2D eigenvalue weighted by Gasteiger charge is 2.30. The van der Waals surface area contributed by atoms with Gasteiger partial charge in [-0.3, -0.25) is 9.88 Å². The van der Waals surface area contributed by atoms with E-state index in [2.05, 4.69) is 42.8 Å². The molecule has 0 radical (unpaired) electrons. The van der Waals surface area contributed by atoms with Crippen LogP contribution in [0.25, 0.3) is 11.8 Å². The van der Waals surface area contributed by atoms with Crippen molar-refractivity contribution in [3.63, 3.8) is 0 Å². The van der Waals surface area contributed by atoms with Crippen LogP contribution in [0, 0.1) is 5.82 Å². The number of hydrogen-bond acceptors (Lipinski definition) is 5. The smallest absolute Gasteiger partial charge is 0.123 e. The Balaban J connectivity index is 0.00000171. The van der Waals surface area contributed by atoms with Crippen LogP contribution in [0.15, 0.2) is 42.6 Å². The zero-order chi connectivity index (χ0) is 22.9. The molecule has 5 rings (SSSR count). The number of aryl methyl sites for hydroxylation is 1. The number of rotatable bonds is 5. The van der Waals surface area contributed by atoms with E-state index in [1.54, 1.807) is 12.1 Å². The second-order valence-corrected chi connectivity index (χ2v) is 10.5. The van der Waals surface area contributed by atoms with Crippen molar-refractivity contribution >= 4 is 47.9 Å². The summed E-state index contributed by atoms with van der Waals surface area (Å²) in [6.07, 6.45) is 7.09. The van der Waals surface area contributed by atoms with Crippen LogP contribution in [-0.2, 0) is 12.8 Å². The number of thiazole rings is 1. The van der Waals surface area contributed by atoms with Gasteiger partial charge in [-0.25, -0.2) is 9.37 Å². The van der Waals surface area contributed by atoms with E-state index < -0.39 is 0 Å². The average Bonchev–Trinajstić information content (AvgIpc) is 3.17. The lowest BCUT2D eigenvalue weighted by Gasteiger charge is -2.41. The van der Waals surface area contributed by atoms with Gasteiger partial charge in [0.05, 0.1) is 16.1 Å². The molecular formula is C27H33Cl2FN4S. The Hall–Kier alpha value is -1.99. The van der Waals surface area contributed by atoms with Crippen molar-refractivity contribution in [2.75, 3.05) is 26.7 Å². The van der Waals surface area contributed by atoms with Gasteiger partial charge in [0, 0.05) is 49.1 Å². The third kappa shape index (κ3) is 5.88. The number of fused-ring (bicyclic) bond motifs is 2. The molecule has 0 spiro atoms. The van der Waals surface area contributed by atoms with Gasteiger partial charge in [0.1, 0.15) is 11.5 Å². The van der Waals surface area contributed by atoms with E-state index in [1.807, 2.05) is 35.7 Å². The summed E-state index contributed by atoms with van der Waals surface area (Å²) in [5.41, 5.74) is 3.51. The number of hydrogen-bond donors (Lipinski definition) is 0. The van der Waals surface area contributed by atoms with Gasteiger partial charge in [0.25, 0.3) is 0 Å². The summed E-state index contributed by atoms with van der Waals surface area (Å²) in [5.74, 6) is 0.245. The van der Waals surface area contributed by atoms with Gasteiger partial charge in [-0.15, -0.1) is 36.2 Å². The van der Waals surface area contributed by atoms with Gasteiger partial charge in [0.15, 0.2) is 0 Å². The molecule has 1 aliphatic carbocycles. The average molecular weight is 536 g/mol. The van der Waals surface area contributed by atoms with E-state index in [0.29, 0.717) is 12.0 Å². The fourth-order valence-electron chi connectivity index (χ4n) is 4.78. The number of nitrogens with zero attached hydrogens (tertiary/aromatic N) is 4. The number of piperazine rings is 1. The molecule has 3 heterocycles. The van der Waals surface area contributed by atoms with Gasteiger partial charge >= 0.3 is 0 Å². The normalized spacial score (nSPS) is 17.6. The summed E-state index contributed by atoms with van der Waals surface area (Å²) in [7, 11) is 2.22. The summed E-state index contributed by atoms with van der Waals surface area (Å²) in [6.45, 7) is 7.34. The summed E-state index contributed by atoms with van der Waals surface area (Å²) in [6, 6.07) is 11.5. The van der Waals surface area contributed by atoms with Crippen molar-refractivity contribution in [3.05, 3.63) is 80.1 Å². The van der Waals surface area contributed by atoms with Crippen LogP contribution in [0.3, 0.4) is 0 Å². The van der Waals surface area contributed by atoms with Crippen LogP contribution in [0.2, 0.25) is 0 Å². The van der Waals surface area contributed by atoms with E-state index in [0.717, 1.165) is 49.9 Å². The Morgan fingerprint density at radius 1 is 1.11 bits per heavy atom. The third-order valence-electron chi connectivity index (χ3n) is 6.78. The zero-order valence-electron chi connectivity index (χ0n) is 20.4. The maximum Gasteiger partial charge on any atom is 0.123 e. The van der Waals surface area contributed by atoms with Crippen LogP contribution in [0.1, 0.15) is 47.3 Å². The molecule has 0 N–H and O–H groups in total. The van der Waals surface area contributed by atoms with Crippen molar-refractivity contribution in [1.82, 2.24) is 19.8 Å². The van der Waals surface area contributed by atoms with Gasteiger partial charge in [-0.1, -0.05) is 38.1 Å². The molecule has 1 atom stereocenters. The first-order valence-electron chi connectivity index (χ1n) is 11.8. The molecule has 8 heteroatoms. The van der Waals surface area contributed by atoms with E-state index in [1.165, 1.54) is 26.4 Å². The van der Waals surface area contributed by atoms with Crippen LogP contribution in [0.5, 0.6) is 0 Å². The van der Waals surface area contributed by atoms with Gasteiger partial charge in [-0.2, -0.15) is 0 Å². The van der Waals surface area contributed by atoms with Crippen molar-refractivity contribution in [2.45, 2.75) is 45.1 Å². The first-order valence-corrected chi connectivity index (χ1v) is 12.7. The quantitative estimate of drug-likeness (QED) is 0.486. The standard InChI is InChI=1S/C27H31FN4S.2ClH/c1-18(2)27-30-25-23(33-27)13-9-20-5-4-14-29-24(20)26(25)32-16-15-31(3)22(17-32)12-8-19-6-10-21(28)11-7-19;;/h4-7,9-11,14,18,22H,8,12-13,15-17H2,1-3H3;2*1H. The Morgan fingerprint density at radius 2 is 1.89 bits per heavy atom. The summed E-state index contributed by atoms with van der Waals surface area (Å²) in [4.78, 5) is 16.3. The van der Waals surface area contributed by atoms with E-state index in [9.17, 15) is 4.39 Å². The molecule has 0 bridgehead atoms. The van der Waals surface area contributed by atoms with Gasteiger partial charge < -0.3 is 4.90 Å². The van der Waals surface area contributed by atoms with Crippen molar-refractivity contribution in [3.8, 4) is 0 Å². The molecule has 2 aliphatic rings. The number of likely N-dealkylation sites (N-methyl/N-ethyl adjacent to an activating group) is 1. The molecule has 1 unspecified atom stereocenters. The third-order valence-corrected chi connectivity index (χ3v) is 8.15. The zero-order valence-corrected chi connectivity index (χ0v) is 22.9. The van der Waals surface area contributed by atoms with Crippen LogP contribution >= 0.6 is 36.2 Å². The predicted molar refractivity (Wildman–Crippen MR) is 148 cm³/mol. The van der Waals surface area contributed by atoms with Crippen molar-refractivity contribution in [2.24, 2.45) is 0 Å². The van der Waals surface area contributed by atoms with Crippen molar-refractivity contribution in [1.29, 1.82) is 0 Å².